The summed E-state index contributed by atoms with van der Waals surface area (Å²) in [6, 6.07) is 11.9. The van der Waals surface area contributed by atoms with Crippen molar-refractivity contribution in [2.75, 3.05) is 6.61 Å². The molecule has 3 rings (SSSR count). The van der Waals surface area contributed by atoms with Crippen LogP contribution in [-0.4, -0.2) is 22.1 Å². The summed E-state index contributed by atoms with van der Waals surface area (Å²) in [6.45, 7) is 2.63. The molecule has 0 aliphatic heterocycles. The highest BCUT2D eigenvalue weighted by molar-refractivity contribution is 9.10. The Hall–Kier alpha value is -2.25. The minimum Gasteiger partial charge on any atom is -0.494 e. The Morgan fingerprint density at radius 1 is 1.24 bits per heavy atom. The molecular weight excluding hydrogens is 404 g/mol. The van der Waals surface area contributed by atoms with Gasteiger partial charge in [-0.05, 0) is 61.1 Å². The fourth-order valence-electron chi connectivity index (χ4n) is 2.41. The van der Waals surface area contributed by atoms with Crippen LogP contribution in [0.5, 0.6) is 5.75 Å². The smallest absolute Gasteiger partial charge is 0.269 e. The highest BCUT2D eigenvalue weighted by Gasteiger charge is 2.15. The van der Waals surface area contributed by atoms with Crippen LogP contribution in [0.25, 0.3) is 10.9 Å². The summed E-state index contributed by atoms with van der Waals surface area (Å²) >= 11 is 8.54. The molecule has 1 heterocycles. The van der Waals surface area contributed by atoms with Crippen LogP contribution >= 0.6 is 28.1 Å². The number of H-pyrrole nitrogens is 1. The van der Waals surface area contributed by atoms with Gasteiger partial charge in [-0.1, -0.05) is 22.9 Å². The number of hydrogen-bond acceptors (Lipinski definition) is 4. The Morgan fingerprint density at radius 2 is 1.96 bits per heavy atom. The van der Waals surface area contributed by atoms with Crippen molar-refractivity contribution in [1.82, 2.24) is 9.55 Å². The molecule has 3 aromatic rings. The number of aromatic amines is 1. The Labute approximate surface area is 157 Å². The molecule has 1 aromatic heterocycles. The van der Waals surface area contributed by atoms with E-state index in [0.717, 1.165) is 15.5 Å². The number of nitrogens with one attached hydrogen (secondary N) is 1. The molecule has 0 fully saturated rings. The molecule has 0 atom stereocenters. The van der Waals surface area contributed by atoms with Crippen molar-refractivity contribution in [3.05, 3.63) is 67.6 Å². The van der Waals surface area contributed by atoms with E-state index in [-0.39, 0.29) is 4.77 Å². The highest BCUT2D eigenvalue weighted by Crippen LogP contribution is 2.17. The van der Waals surface area contributed by atoms with E-state index in [1.54, 1.807) is 42.5 Å². The van der Waals surface area contributed by atoms with Crippen LogP contribution in [0, 0.1) is 4.77 Å². The van der Waals surface area contributed by atoms with Gasteiger partial charge in [0.2, 0.25) is 0 Å². The zero-order valence-electron chi connectivity index (χ0n) is 13.4. The second-order valence-electron chi connectivity index (χ2n) is 5.44. The van der Waals surface area contributed by atoms with E-state index in [1.807, 2.05) is 6.92 Å². The van der Waals surface area contributed by atoms with Gasteiger partial charge in [-0.15, -0.1) is 0 Å². The molecule has 0 amide bonds. The zero-order valence-corrected chi connectivity index (χ0v) is 15.8. The maximum atomic E-state index is 12.8. The number of aromatic nitrogens is 2. The fraction of sp³-hybridized carbons (Fsp3) is 0.167. The van der Waals surface area contributed by atoms with Gasteiger partial charge in [-0.25, -0.2) is 4.57 Å². The van der Waals surface area contributed by atoms with Crippen molar-refractivity contribution in [2.24, 2.45) is 0 Å². The number of nitrogens with zero attached hydrogens (tertiary/aromatic N) is 1. The molecule has 25 heavy (non-hydrogen) atoms. The summed E-state index contributed by atoms with van der Waals surface area (Å²) in [7, 11) is 0. The van der Waals surface area contributed by atoms with Gasteiger partial charge < -0.3 is 9.72 Å². The van der Waals surface area contributed by atoms with Crippen LogP contribution in [0.4, 0.5) is 0 Å². The maximum absolute atomic E-state index is 12.8. The lowest BCUT2D eigenvalue weighted by atomic mass is 10.2. The van der Waals surface area contributed by atoms with Crippen LogP contribution in [0.15, 0.2) is 51.7 Å². The lowest BCUT2D eigenvalue weighted by Crippen LogP contribution is -2.29. The van der Waals surface area contributed by atoms with Gasteiger partial charge in [-0.2, -0.15) is 0 Å². The van der Waals surface area contributed by atoms with Crippen LogP contribution in [0.3, 0.4) is 0 Å². The van der Waals surface area contributed by atoms with Crippen LogP contribution in [0.1, 0.15) is 23.7 Å². The molecule has 0 radical (unpaired) electrons. The Kier molecular flexibility index (Phi) is 5.15. The largest absolute Gasteiger partial charge is 0.494 e. The summed E-state index contributed by atoms with van der Waals surface area (Å²) in [6.07, 6.45) is 0.901. The first kappa shape index (κ1) is 17.6. The van der Waals surface area contributed by atoms with Crippen LogP contribution in [-0.2, 0) is 0 Å². The average molecular weight is 419 g/mol. The number of fused-ring (bicyclic) bond motifs is 1. The van der Waals surface area contributed by atoms with E-state index in [0.29, 0.717) is 28.8 Å². The summed E-state index contributed by atoms with van der Waals surface area (Å²) in [4.78, 5) is 28.4. The van der Waals surface area contributed by atoms with E-state index in [9.17, 15) is 9.59 Å². The summed E-state index contributed by atoms with van der Waals surface area (Å²) in [5.74, 6) is 0.202. The van der Waals surface area contributed by atoms with Crippen molar-refractivity contribution >= 4 is 45.0 Å². The van der Waals surface area contributed by atoms with Gasteiger partial charge >= 0.3 is 0 Å². The number of carbonyl (C=O) groups excluding carboxylic acids is 1. The molecule has 128 valence electrons. The van der Waals surface area contributed by atoms with Crippen molar-refractivity contribution in [1.29, 1.82) is 0 Å². The number of rotatable bonds is 4. The minimum absolute atomic E-state index is 0.0659. The SMILES string of the molecule is CCCOc1ccc(C(=O)n2c(=S)[nH]c3ccc(Br)cc3c2=O)cc1. The van der Waals surface area contributed by atoms with Gasteiger partial charge in [0.15, 0.2) is 4.77 Å². The third-order valence-corrected chi connectivity index (χ3v) is 4.41. The van der Waals surface area contributed by atoms with Crippen molar-refractivity contribution in [2.45, 2.75) is 13.3 Å². The normalized spacial score (nSPS) is 10.8. The quantitative estimate of drug-likeness (QED) is 0.641. The van der Waals surface area contributed by atoms with Crippen LogP contribution in [0.2, 0.25) is 0 Å². The van der Waals surface area contributed by atoms with E-state index in [2.05, 4.69) is 20.9 Å². The fourth-order valence-corrected chi connectivity index (χ4v) is 3.05. The minimum atomic E-state index is -0.477. The van der Waals surface area contributed by atoms with Crippen molar-refractivity contribution < 1.29 is 9.53 Å². The molecule has 0 saturated carbocycles. The van der Waals surface area contributed by atoms with Gasteiger partial charge in [0.05, 0.1) is 17.5 Å². The Morgan fingerprint density at radius 3 is 2.64 bits per heavy atom. The predicted octanol–water partition coefficient (Wildman–Crippen LogP) is 4.30. The monoisotopic (exact) mass is 418 g/mol. The van der Waals surface area contributed by atoms with E-state index in [4.69, 9.17) is 17.0 Å². The Balaban J connectivity index is 2.05. The van der Waals surface area contributed by atoms with Gasteiger partial charge in [-0.3, -0.25) is 9.59 Å². The lowest BCUT2D eigenvalue weighted by molar-refractivity contribution is 0.0953. The van der Waals surface area contributed by atoms with Crippen LogP contribution < -0.4 is 10.3 Å². The van der Waals surface area contributed by atoms with Gasteiger partial charge in [0.1, 0.15) is 5.75 Å². The van der Waals surface area contributed by atoms with E-state index in [1.165, 1.54) is 0 Å². The standard InChI is InChI=1S/C18H15BrN2O3S/c1-2-9-24-13-6-3-11(4-7-13)16(22)21-17(23)14-10-12(19)5-8-15(14)20-18(21)25/h3-8,10H,2,9H2,1H3,(H,20,25). The first-order valence-electron chi connectivity index (χ1n) is 7.73. The lowest BCUT2D eigenvalue weighted by Gasteiger charge is -2.08. The Bertz CT molecular complexity index is 1050. The van der Waals surface area contributed by atoms with Gasteiger partial charge in [0, 0.05) is 10.0 Å². The van der Waals surface area contributed by atoms with Crippen molar-refractivity contribution in [3.8, 4) is 5.75 Å². The second kappa shape index (κ2) is 7.33. The predicted molar refractivity (Wildman–Crippen MR) is 103 cm³/mol. The molecule has 0 aliphatic rings. The summed E-state index contributed by atoms with van der Waals surface area (Å²) in [5, 5.41) is 0.388. The topological polar surface area (TPSA) is 64.1 Å². The first-order chi connectivity index (χ1) is 12.0. The molecule has 5 nitrogen and oxygen atoms in total. The summed E-state index contributed by atoms with van der Waals surface area (Å²) < 4.78 is 7.30. The van der Waals surface area contributed by atoms with Gasteiger partial charge in [0.25, 0.3) is 11.5 Å². The summed E-state index contributed by atoms with van der Waals surface area (Å²) in [5.41, 5.74) is 0.502. The maximum Gasteiger partial charge on any atom is 0.269 e. The third-order valence-electron chi connectivity index (χ3n) is 3.64. The third kappa shape index (κ3) is 3.57. The molecule has 0 aliphatic carbocycles. The number of ether oxygens (including phenoxy) is 1. The molecule has 1 N–H and O–H groups in total. The highest BCUT2D eigenvalue weighted by atomic mass is 79.9. The van der Waals surface area contributed by atoms with E-state index >= 15 is 0 Å². The molecule has 0 spiro atoms. The average Bonchev–Trinajstić information content (AvgIpc) is 2.61. The zero-order chi connectivity index (χ0) is 18.0. The number of halogens is 1. The molecule has 0 bridgehead atoms. The van der Waals surface area contributed by atoms with E-state index < -0.39 is 11.5 Å². The number of benzene rings is 2. The number of carbonyl (C=O) groups is 1. The first-order valence-corrected chi connectivity index (χ1v) is 8.93. The molecule has 0 unspecified atom stereocenters. The number of hydrogen-bond donors (Lipinski definition) is 1. The molecule has 7 heteroatoms. The van der Waals surface area contributed by atoms with Crippen molar-refractivity contribution in [3.63, 3.8) is 0 Å². The molecular formula is C18H15BrN2O3S. The molecule has 0 saturated heterocycles. The molecule has 2 aromatic carbocycles. The second-order valence-corrected chi connectivity index (χ2v) is 6.74.